The van der Waals surface area contributed by atoms with Gasteiger partial charge in [-0.05, 0) is 46.5 Å². The van der Waals surface area contributed by atoms with E-state index in [9.17, 15) is 13.2 Å². The quantitative estimate of drug-likeness (QED) is 0.565. The molecule has 1 heterocycles. The van der Waals surface area contributed by atoms with Crippen molar-refractivity contribution in [2.24, 2.45) is 0 Å². The Labute approximate surface area is 159 Å². The van der Waals surface area contributed by atoms with Crippen molar-refractivity contribution in [3.05, 3.63) is 41.0 Å². The van der Waals surface area contributed by atoms with Gasteiger partial charge in [0.15, 0.2) is 0 Å². The zero-order chi connectivity index (χ0) is 18.4. The molecule has 0 atom stereocenters. The van der Waals surface area contributed by atoms with Crippen LogP contribution in [0, 0.1) is 0 Å². The third kappa shape index (κ3) is 5.70. The molecule has 7 nitrogen and oxygen atoms in total. The lowest BCUT2D eigenvalue weighted by molar-refractivity contribution is -0.116. The second-order valence-corrected chi connectivity index (χ2v) is 8.50. The summed E-state index contributed by atoms with van der Waals surface area (Å²) < 4.78 is 27.3. The minimum absolute atomic E-state index is 0.00986. The van der Waals surface area contributed by atoms with Gasteiger partial charge in [-0.25, -0.2) is 18.1 Å². The Kier molecular flexibility index (Phi) is 6.82. The molecule has 0 aliphatic carbocycles. The fraction of sp³-hybridized carbons (Fsp3) is 0.200. The summed E-state index contributed by atoms with van der Waals surface area (Å²) in [7, 11) is -3.84. The lowest BCUT2D eigenvalue weighted by Gasteiger charge is -2.09. The Morgan fingerprint density at radius 1 is 1.36 bits per heavy atom. The predicted octanol–water partition coefficient (Wildman–Crippen LogP) is 2.46. The maximum absolute atomic E-state index is 12.2. The number of carbonyl (C=O) groups is 1. The third-order valence-corrected chi connectivity index (χ3v) is 5.78. The van der Waals surface area contributed by atoms with Crippen LogP contribution in [0.15, 0.2) is 50.8 Å². The summed E-state index contributed by atoms with van der Waals surface area (Å²) in [6.07, 6.45) is 3.34. The molecule has 1 amide bonds. The lowest BCUT2D eigenvalue weighted by Crippen LogP contribution is -2.28. The van der Waals surface area contributed by atoms with Crippen LogP contribution in [0.4, 0.5) is 11.5 Å². The number of nitrogens with one attached hydrogen (secondary N) is 2. The fourth-order valence-corrected chi connectivity index (χ4v) is 4.03. The van der Waals surface area contributed by atoms with Crippen molar-refractivity contribution in [1.29, 1.82) is 0 Å². The second-order valence-electron chi connectivity index (χ2n) is 4.96. The summed E-state index contributed by atoms with van der Waals surface area (Å²) in [5, 5.41) is 2.73. The maximum atomic E-state index is 12.2. The Bertz CT molecular complexity index is 875. The molecular weight excluding hydrogens is 428 g/mol. The zero-order valence-electron chi connectivity index (χ0n) is 13.3. The van der Waals surface area contributed by atoms with Gasteiger partial charge >= 0.3 is 0 Å². The molecule has 0 saturated carbocycles. The number of anilines is 2. The number of aromatic nitrogens is 1. The number of halogens is 1. The summed E-state index contributed by atoms with van der Waals surface area (Å²) in [5.74, 6) is -0.393. The van der Waals surface area contributed by atoms with Gasteiger partial charge in [0, 0.05) is 34.2 Å². The van der Waals surface area contributed by atoms with E-state index in [1.54, 1.807) is 17.8 Å². The van der Waals surface area contributed by atoms with Crippen LogP contribution in [0.1, 0.15) is 6.42 Å². The number of thioether (sulfide) groups is 1. The van der Waals surface area contributed by atoms with Crippen LogP contribution >= 0.6 is 27.7 Å². The number of sulfonamides is 1. The number of rotatable bonds is 7. The van der Waals surface area contributed by atoms with Crippen molar-refractivity contribution in [3.8, 4) is 0 Å². The smallest absolute Gasteiger partial charge is 0.244 e. The number of benzene rings is 1. The minimum Gasteiger partial charge on any atom is -0.383 e. The van der Waals surface area contributed by atoms with Crippen LogP contribution in [-0.2, 0) is 14.8 Å². The van der Waals surface area contributed by atoms with E-state index in [1.807, 2.05) is 24.5 Å². The lowest BCUT2D eigenvalue weighted by atomic mass is 10.3. The highest BCUT2D eigenvalue weighted by atomic mass is 79.9. The highest BCUT2D eigenvalue weighted by Crippen LogP contribution is 2.21. The molecule has 25 heavy (non-hydrogen) atoms. The predicted molar refractivity (Wildman–Crippen MR) is 103 cm³/mol. The molecule has 4 N–H and O–H groups in total. The van der Waals surface area contributed by atoms with E-state index < -0.39 is 10.0 Å². The number of hydrogen-bond acceptors (Lipinski definition) is 6. The first-order valence-electron chi connectivity index (χ1n) is 7.16. The van der Waals surface area contributed by atoms with Gasteiger partial charge in [-0.1, -0.05) is 6.07 Å². The second kappa shape index (κ2) is 8.65. The average molecular weight is 445 g/mol. The van der Waals surface area contributed by atoms with Crippen molar-refractivity contribution in [2.45, 2.75) is 16.2 Å². The molecule has 2 aromatic rings. The normalized spacial score (nSPS) is 11.3. The van der Waals surface area contributed by atoms with Crippen molar-refractivity contribution < 1.29 is 13.2 Å². The van der Waals surface area contributed by atoms with Crippen molar-refractivity contribution in [1.82, 2.24) is 9.71 Å². The topological polar surface area (TPSA) is 114 Å². The van der Waals surface area contributed by atoms with Gasteiger partial charge in [0.25, 0.3) is 0 Å². The summed E-state index contributed by atoms with van der Waals surface area (Å²) in [5.41, 5.74) is 6.27. The number of nitrogens with zero attached hydrogens (tertiary/aromatic N) is 1. The molecule has 0 aliphatic rings. The van der Waals surface area contributed by atoms with Gasteiger partial charge in [0.1, 0.15) is 10.7 Å². The molecule has 2 rings (SSSR count). The molecule has 0 spiro atoms. The highest BCUT2D eigenvalue weighted by molar-refractivity contribution is 9.10. The number of nitrogens with two attached hydrogens (primary N) is 1. The Morgan fingerprint density at radius 2 is 2.12 bits per heavy atom. The molecule has 10 heteroatoms. The molecule has 0 radical (unpaired) electrons. The van der Waals surface area contributed by atoms with Crippen molar-refractivity contribution in [2.75, 3.05) is 23.9 Å². The minimum atomic E-state index is -3.84. The highest BCUT2D eigenvalue weighted by Gasteiger charge is 2.19. The summed E-state index contributed by atoms with van der Waals surface area (Å²) >= 11 is 4.72. The van der Waals surface area contributed by atoms with E-state index in [-0.39, 0.29) is 29.6 Å². The van der Waals surface area contributed by atoms with Crippen molar-refractivity contribution in [3.63, 3.8) is 0 Å². The van der Waals surface area contributed by atoms with Gasteiger partial charge in [-0.2, -0.15) is 0 Å². The summed E-state index contributed by atoms with van der Waals surface area (Å²) in [4.78, 5) is 16.6. The number of amides is 1. The molecular formula is C15H17BrN4O3S2. The number of carbonyl (C=O) groups excluding carboxylic acids is 1. The Hall–Kier alpha value is -1.62. The van der Waals surface area contributed by atoms with Crippen LogP contribution in [0.25, 0.3) is 0 Å². The molecule has 0 fully saturated rings. The largest absolute Gasteiger partial charge is 0.383 e. The zero-order valence-corrected chi connectivity index (χ0v) is 16.5. The van der Waals surface area contributed by atoms with Gasteiger partial charge in [0.05, 0.1) is 0 Å². The van der Waals surface area contributed by atoms with E-state index in [2.05, 4.69) is 31.0 Å². The van der Waals surface area contributed by atoms with E-state index in [1.165, 1.54) is 12.3 Å². The molecule has 1 aromatic carbocycles. The van der Waals surface area contributed by atoms with E-state index in [4.69, 9.17) is 5.73 Å². The van der Waals surface area contributed by atoms with Crippen LogP contribution in [0.3, 0.4) is 0 Å². The molecule has 134 valence electrons. The number of hydrogen-bond donors (Lipinski definition) is 3. The van der Waals surface area contributed by atoms with Crippen molar-refractivity contribution >= 4 is 55.1 Å². The van der Waals surface area contributed by atoms with E-state index in [0.717, 1.165) is 4.90 Å². The van der Waals surface area contributed by atoms with E-state index in [0.29, 0.717) is 10.2 Å². The van der Waals surface area contributed by atoms with Gasteiger partial charge in [0.2, 0.25) is 15.9 Å². The molecule has 0 saturated heterocycles. The first kappa shape index (κ1) is 19.7. The van der Waals surface area contributed by atoms with E-state index >= 15 is 0 Å². The molecule has 0 bridgehead atoms. The van der Waals surface area contributed by atoms with Crippen LogP contribution < -0.4 is 15.8 Å². The SMILES string of the molecule is CSc1cccc(NC(=O)CCNS(=O)(=O)c2cc(Br)cnc2N)c1. The Morgan fingerprint density at radius 3 is 2.84 bits per heavy atom. The standard InChI is InChI=1S/C15H17BrN4O3S2/c1-24-12-4-2-3-11(8-12)20-14(21)5-6-19-25(22,23)13-7-10(16)9-18-15(13)17/h2-4,7-9,19H,5-6H2,1H3,(H2,17,18)(H,20,21). The van der Waals surface area contributed by atoms with Crippen LogP contribution in [-0.4, -0.2) is 32.1 Å². The van der Waals surface area contributed by atoms with Gasteiger partial charge in [-0.3, -0.25) is 4.79 Å². The van der Waals surface area contributed by atoms with Gasteiger partial charge in [-0.15, -0.1) is 11.8 Å². The van der Waals surface area contributed by atoms with Gasteiger partial charge < -0.3 is 11.1 Å². The summed E-state index contributed by atoms with van der Waals surface area (Å²) in [6.45, 7) is -0.0532. The Balaban J connectivity index is 1.92. The van der Waals surface area contributed by atoms with Crippen LogP contribution in [0.5, 0.6) is 0 Å². The molecule has 0 unspecified atom stereocenters. The first-order valence-corrected chi connectivity index (χ1v) is 10.7. The number of pyridine rings is 1. The van der Waals surface area contributed by atoms with Crippen LogP contribution in [0.2, 0.25) is 0 Å². The maximum Gasteiger partial charge on any atom is 0.244 e. The average Bonchev–Trinajstić information content (AvgIpc) is 2.57. The molecule has 1 aromatic heterocycles. The first-order chi connectivity index (χ1) is 11.8. The fourth-order valence-electron chi connectivity index (χ4n) is 1.95. The summed E-state index contributed by atoms with van der Waals surface area (Å²) in [6, 6.07) is 8.76. The third-order valence-electron chi connectivity index (χ3n) is 3.14. The number of nitrogen functional groups attached to an aromatic ring is 1. The monoisotopic (exact) mass is 444 g/mol. The molecule has 0 aliphatic heterocycles.